The van der Waals surface area contributed by atoms with Gasteiger partial charge in [0, 0.05) is 10.5 Å². The van der Waals surface area contributed by atoms with Gasteiger partial charge in [0.2, 0.25) is 0 Å². The van der Waals surface area contributed by atoms with Gasteiger partial charge >= 0.3 is 0 Å². The number of rotatable bonds is 4. The van der Waals surface area contributed by atoms with Crippen molar-refractivity contribution in [1.82, 2.24) is 0 Å². The van der Waals surface area contributed by atoms with Crippen LogP contribution in [0.1, 0.15) is 23.6 Å². The lowest BCUT2D eigenvalue weighted by atomic mass is 10.1. The maximum absolute atomic E-state index is 6.01. The Morgan fingerprint density at radius 1 is 1.10 bits per heavy atom. The highest BCUT2D eigenvalue weighted by Gasteiger charge is 2.06. The van der Waals surface area contributed by atoms with E-state index in [0.29, 0.717) is 0 Å². The van der Waals surface area contributed by atoms with Gasteiger partial charge in [-0.2, -0.15) is 0 Å². The predicted molar refractivity (Wildman–Crippen MR) is 87.5 cm³/mol. The highest BCUT2D eigenvalue weighted by molar-refractivity contribution is 9.10. The monoisotopic (exact) mass is 333 g/mol. The molecular formula is C17H20BrNO. The van der Waals surface area contributed by atoms with E-state index in [2.05, 4.69) is 48.0 Å². The number of halogens is 1. The highest BCUT2D eigenvalue weighted by Crippen LogP contribution is 2.29. The number of hydrogen-bond acceptors (Lipinski definition) is 2. The average molecular weight is 334 g/mol. The Bertz CT molecular complexity index is 608. The van der Waals surface area contributed by atoms with E-state index >= 15 is 0 Å². The molecule has 0 saturated carbocycles. The summed E-state index contributed by atoms with van der Waals surface area (Å²) >= 11 is 3.50. The number of nitrogens with two attached hydrogens (primary N) is 1. The average Bonchev–Trinajstić information content (AvgIpc) is 2.37. The molecule has 0 amide bonds. The summed E-state index contributed by atoms with van der Waals surface area (Å²) in [4.78, 5) is 0. The zero-order valence-corrected chi connectivity index (χ0v) is 13.7. The van der Waals surface area contributed by atoms with E-state index in [1.807, 2.05) is 25.1 Å². The molecule has 2 N–H and O–H groups in total. The van der Waals surface area contributed by atoms with Gasteiger partial charge in [0.1, 0.15) is 11.5 Å². The van der Waals surface area contributed by atoms with E-state index in [1.54, 1.807) is 0 Å². The maximum atomic E-state index is 6.01. The molecular weight excluding hydrogens is 314 g/mol. The molecule has 2 aromatic rings. The molecule has 2 aromatic carbocycles. The molecule has 0 saturated heterocycles. The van der Waals surface area contributed by atoms with Crippen molar-refractivity contribution >= 4 is 15.9 Å². The lowest BCUT2D eigenvalue weighted by molar-refractivity contribution is 0.477. The SMILES string of the molecule is Cc1cc(Oc2cc(CC(C)N)ccc2C)ccc1Br. The molecule has 1 atom stereocenters. The number of ether oxygens (including phenoxy) is 1. The van der Waals surface area contributed by atoms with Crippen molar-refractivity contribution in [3.05, 3.63) is 57.6 Å². The Balaban J connectivity index is 2.25. The first-order valence-corrected chi connectivity index (χ1v) is 7.54. The molecule has 0 radical (unpaired) electrons. The van der Waals surface area contributed by atoms with Crippen molar-refractivity contribution in [2.45, 2.75) is 33.2 Å². The molecule has 1 unspecified atom stereocenters. The van der Waals surface area contributed by atoms with E-state index in [-0.39, 0.29) is 6.04 Å². The topological polar surface area (TPSA) is 35.2 Å². The fourth-order valence-corrected chi connectivity index (χ4v) is 2.31. The minimum Gasteiger partial charge on any atom is -0.457 e. The van der Waals surface area contributed by atoms with Crippen LogP contribution in [0.3, 0.4) is 0 Å². The quantitative estimate of drug-likeness (QED) is 0.876. The number of benzene rings is 2. The highest BCUT2D eigenvalue weighted by atomic mass is 79.9. The molecule has 106 valence electrons. The van der Waals surface area contributed by atoms with Gasteiger partial charge in [-0.25, -0.2) is 0 Å². The molecule has 2 rings (SSSR count). The minimum atomic E-state index is 0.153. The molecule has 0 aliphatic rings. The normalized spacial score (nSPS) is 12.2. The third-order valence-electron chi connectivity index (χ3n) is 3.17. The van der Waals surface area contributed by atoms with Crippen LogP contribution in [0.15, 0.2) is 40.9 Å². The summed E-state index contributed by atoms with van der Waals surface area (Å²) in [7, 11) is 0. The molecule has 0 bridgehead atoms. The van der Waals surface area contributed by atoms with Gasteiger partial charge in [-0.15, -0.1) is 0 Å². The van der Waals surface area contributed by atoms with Crippen molar-refractivity contribution in [3.8, 4) is 11.5 Å². The van der Waals surface area contributed by atoms with E-state index in [0.717, 1.165) is 33.5 Å². The lowest BCUT2D eigenvalue weighted by Gasteiger charge is -2.12. The molecule has 0 aliphatic heterocycles. The van der Waals surface area contributed by atoms with E-state index < -0.39 is 0 Å². The minimum absolute atomic E-state index is 0.153. The van der Waals surface area contributed by atoms with Crippen molar-refractivity contribution in [1.29, 1.82) is 0 Å². The smallest absolute Gasteiger partial charge is 0.130 e. The summed E-state index contributed by atoms with van der Waals surface area (Å²) in [6, 6.07) is 12.4. The van der Waals surface area contributed by atoms with Gasteiger partial charge in [0.15, 0.2) is 0 Å². The predicted octanol–water partition coefficient (Wildman–Crippen LogP) is 4.75. The maximum Gasteiger partial charge on any atom is 0.130 e. The van der Waals surface area contributed by atoms with Crippen molar-refractivity contribution in [3.63, 3.8) is 0 Å². The molecule has 0 spiro atoms. The van der Waals surface area contributed by atoms with Gasteiger partial charge in [-0.1, -0.05) is 28.1 Å². The third kappa shape index (κ3) is 3.84. The second kappa shape index (κ2) is 6.42. The zero-order chi connectivity index (χ0) is 14.7. The Hall–Kier alpha value is -1.32. The van der Waals surface area contributed by atoms with Crippen molar-refractivity contribution in [2.24, 2.45) is 5.73 Å². The Morgan fingerprint density at radius 3 is 2.50 bits per heavy atom. The van der Waals surface area contributed by atoms with Gasteiger partial charge in [0.05, 0.1) is 0 Å². The van der Waals surface area contributed by atoms with E-state index in [9.17, 15) is 0 Å². The summed E-state index contributed by atoms with van der Waals surface area (Å²) in [5.41, 5.74) is 9.34. The van der Waals surface area contributed by atoms with Crippen LogP contribution in [0.4, 0.5) is 0 Å². The molecule has 20 heavy (non-hydrogen) atoms. The van der Waals surface area contributed by atoms with Crippen LogP contribution in [0.2, 0.25) is 0 Å². The Kier molecular flexibility index (Phi) is 4.84. The van der Waals surface area contributed by atoms with E-state index in [4.69, 9.17) is 10.5 Å². The third-order valence-corrected chi connectivity index (χ3v) is 4.06. The standard InChI is InChI=1S/C17H20BrNO/c1-11-4-5-14(9-13(3)19)10-17(11)20-15-6-7-16(18)12(2)8-15/h4-8,10,13H,9,19H2,1-3H3. The molecule has 0 fully saturated rings. The summed E-state index contributed by atoms with van der Waals surface area (Å²) in [6.45, 7) is 6.12. The van der Waals surface area contributed by atoms with Crippen molar-refractivity contribution < 1.29 is 4.74 Å². The number of aryl methyl sites for hydroxylation is 2. The fraction of sp³-hybridized carbons (Fsp3) is 0.294. The van der Waals surface area contributed by atoms with Gasteiger partial charge in [-0.3, -0.25) is 0 Å². The summed E-state index contributed by atoms with van der Waals surface area (Å²) in [5.74, 6) is 1.75. The summed E-state index contributed by atoms with van der Waals surface area (Å²) in [6.07, 6.45) is 0.857. The fourth-order valence-electron chi connectivity index (χ4n) is 2.06. The molecule has 2 nitrogen and oxygen atoms in total. The largest absolute Gasteiger partial charge is 0.457 e. The Morgan fingerprint density at radius 2 is 1.85 bits per heavy atom. The van der Waals surface area contributed by atoms with Crippen LogP contribution in [0.5, 0.6) is 11.5 Å². The van der Waals surface area contributed by atoms with Gasteiger partial charge < -0.3 is 10.5 Å². The zero-order valence-electron chi connectivity index (χ0n) is 12.1. The van der Waals surface area contributed by atoms with Gasteiger partial charge in [0.25, 0.3) is 0 Å². The second-order valence-corrected chi connectivity index (χ2v) is 6.15. The molecule has 0 aliphatic carbocycles. The second-order valence-electron chi connectivity index (χ2n) is 5.29. The van der Waals surface area contributed by atoms with Crippen LogP contribution in [0, 0.1) is 13.8 Å². The first-order valence-electron chi connectivity index (χ1n) is 6.75. The van der Waals surface area contributed by atoms with Crippen LogP contribution in [-0.4, -0.2) is 6.04 Å². The van der Waals surface area contributed by atoms with Crippen molar-refractivity contribution in [2.75, 3.05) is 0 Å². The van der Waals surface area contributed by atoms with Crippen LogP contribution in [-0.2, 0) is 6.42 Å². The van der Waals surface area contributed by atoms with Crippen LogP contribution >= 0.6 is 15.9 Å². The number of hydrogen-bond donors (Lipinski definition) is 1. The molecule has 0 aromatic heterocycles. The summed E-state index contributed by atoms with van der Waals surface area (Å²) in [5, 5.41) is 0. The first-order chi connectivity index (χ1) is 9.45. The van der Waals surface area contributed by atoms with Crippen LogP contribution < -0.4 is 10.5 Å². The molecule has 3 heteroatoms. The van der Waals surface area contributed by atoms with E-state index in [1.165, 1.54) is 5.56 Å². The lowest BCUT2D eigenvalue weighted by Crippen LogP contribution is -2.17. The van der Waals surface area contributed by atoms with Gasteiger partial charge in [-0.05, 0) is 68.1 Å². The Labute approximate surface area is 129 Å². The summed E-state index contributed by atoms with van der Waals surface area (Å²) < 4.78 is 7.10. The van der Waals surface area contributed by atoms with Crippen LogP contribution in [0.25, 0.3) is 0 Å². The first kappa shape index (κ1) is 15.1. The molecule has 0 heterocycles.